The van der Waals surface area contributed by atoms with Crippen LogP contribution in [0.1, 0.15) is 26.2 Å². The highest BCUT2D eigenvalue weighted by atomic mass is 16.2. The van der Waals surface area contributed by atoms with Gasteiger partial charge in [0, 0.05) is 13.1 Å². The van der Waals surface area contributed by atoms with Crippen LogP contribution in [0.5, 0.6) is 0 Å². The van der Waals surface area contributed by atoms with Gasteiger partial charge < -0.3 is 16.0 Å². The Labute approximate surface area is 97.6 Å². The van der Waals surface area contributed by atoms with Gasteiger partial charge in [-0.2, -0.15) is 0 Å². The van der Waals surface area contributed by atoms with E-state index in [1.807, 2.05) is 0 Å². The van der Waals surface area contributed by atoms with E-state index in [1.165, 1.54) is 12.8 Å². The average Bonchev–Trinajstić information content (AvgIpc) is 3.02. The number of hydrogen-bond donors (Lipinski definition) is 2. The van der Waals surface area contributed by atoms with E-state index in [2.05, 4.69) is 24.2 Å². The molecule has 2 rings (SSSR count). The average molecular weight is 225 g/mol. The first kappa shape index (κ1) is 11.9. The number of carbonyl (C=O) groups excluding carboxylic acids is 1. The molecule has 1 aliphatic heterocycles. The highest BCUT2D eigenvalue weighted by Crippen LogP contribution is 2.39. The molecule has 4 heteroatoms. The Morgan fingerprint density at radius 1 is 1.50 bits per heavy atom. The molecule has 2 atom stereocenters. The third-order valence-corrected chi connectivity index (χ3v) is 4.07. The SMILES string of the molecule is CN1CCC(C(=O)NC(C)(CN)C2CC2)C1. The first-order valence-corrected chi connectivity index (χ1v) is 6.26. The molecule has 0 bridgehead atoms. The summed E-state index contributed by atoms with van der Waals surface area (Å²) in [7, 11) is 2.07. The number of amides is 1. The number of rotatable bonds is 4. The van der Waals surface area contributed by atoms with Gasteiger partial charge in [0.2, 0.25) is 5.91 Å². The van der Waals surface area contributed by atoms with Crippen LogP contribution in [0.4, 0.5) is 0 Å². The molecule has 2 unspecified atom stereocenters. The topological polar surface area (TPSA) is 58.4 Å². The van der Waals surface area contributed by atoms with Crippen molar-refractivity contribution in [3.63, 3.8) is 0 Å². The Hall–Kier alpha value is -0.610. The Kier molecular flexibility index (Phi) is 3.22. The number of nitrogens with two attached hydrogens (primary N) is 1. The molecule has 1 heterocycles. The van der Waals surface area contributed by atoms with Crippen molar-refractivity contribution < 1.29 is 4.79 Å². The molecule has 1 saturated heterocycles. The summed E-state index contributed by atoms with van der Waals surface area (Å²) in [6.07, 6.45) is 3.39. The number of nitrogens with zero attached hydrogens (tertiary/aromatic N) is 1. The fraction of sp³-hybridized carbons (Fsp3) is 0.917. The molecule has 3 N–H and O–H groups in total. The van der Waals surface area contributed by atoms with Gasteiger partial charge in [0.1, 0.15) is 0 Å². The molecule has 1 amide bonds. The highest BCUT2D eigenvalue weighted by Gasteiger charge is 2.42. The van der Waals surface area contributed by atoms with Crippen molar-refractivity contribution in [3.05, 3.63) is 0 Å². The van der Waals surface area contributed by atoms with Gasteiger partial charge in [-0.15, -0.1) is 0 Å². The zero-order valence-corrected chi connectivity index (χ0v) is 10.3. The predicted octanol–water partition coefficient (Wildman–Crippen LogP) is 0.182. The molecule has 0 spiro atoms. The van der Waals surface area contributed by atoms with Crippen LogP contribution in [0, 0.1) is 11.8 Å². The van der Waals surface area contributed by atoms with Gasteiger partial charge in [-0.25, -0.2) is 0 Å². The molecule has 0 aromatic rings. The molecule has 1 saturated carbocycles. The summed E-state index contributed by atoms with van der Waals surface area (Å²) in [4.78, 5) is 14.3. The summed E-state index contributed by atoms with van der Waals surface area (Å²) in [6, 6.07) is 0. The van der Waals surface area contributed by atoms with Gasteiger partial charge in [-0.1, -0.05) is 0 Å². The fourth-order valence-electron chi connectivity index (χ4n) is 2.57. The van der Waals surface area contributed by atoms with E-state index in [9.17, 15) is 4.79 Å². The van der Waals surface area contributed by atoms with Gasteiger partial charge in [0.15, 0.2) is 0 Å². The molecular weight excluding hydrogens is 202 g/mol. The second-order valence-corrected chi connectivity index (χ2v) is 5.63. The van der Waals surface area contributed by atoms with Crippen molar-refractivity contribution >= 4 is 5.91 Å². The minimum atomic E-state index is -0.168. The van der Waals surface area contributed by atoms with Crippen LogP contribution >= 0.6 is 0 Å². The number of likely N-dealkylation sites (tertiary alicyclic amines) is 1. The lowest BCUT2D eigenvalue weighted by atomic mass is 9.94. The van der Waals surface area contributed by atoms with Crippen LogP contribution in [-0.4, -0.2) is 43.0 Å². The van der Waals surface area contributed by atoms with Crippen molar-refractivity contribution in [3.8, 4) is 0 Å². The second-order valence-electron chi connectivity index (χ2n) is 5.63. The number of carbonyl (C=O) groups is 1. The van der Waals surface area contributed by atoms with Gasteiger partial charge in [-0.05, 0) is 45.7 Å². The summed E-state index contributed by atoms with van der Waals surface area (Å²) >= 11 is 0. The predicted molar refractivity (Wildman–Crippen MR) is 63.9 cm³/mol. The molecule has 92 valence electrons. The lowest BCUT2D eigenvalue weighted by Gasteiger charge is -2.30. The van der Waals surface area contributed by atoms with Crippen molar-refractivity contribution in [2.75, 3.05) is 26.7 Å². The molecule has 4 nitrogen and oxygen atoms in total. The van der Waals surface area contributed by atoms with Crippen LogP contribution in [0.2, 0.25) is 0 Å². The zero-order chi connectivity index (χ0) is 11.8. The van der Waals surface area contributed by atoms with Gasteiger partial charge in [-0.3, -0.25) is 4.79 Å². The van der Waals surface area contributed by atoms with Crippen LogP contribution in [0.25, 0.3) is 0 Å². The second kappa shape index (κ2) is 4.34. The molecule has 1 aliphatic carbocycles. The third kappa shape index (κ3) is 2.38. The highest BCUT2D eigenvalue weighted by molar-refractivity contribution is 5.80. The van der Waals surface area contributed by atoms with Crippen molar-refractivity contribution in [1.29, 1.82) is 0 Å². The van der Waals surface area contributed by atoms with Crippen molar-refractivity contribution in [2.24, 2.45) is 17.6 Å². The largest absolute Gasteiger partial charge is 0.349 e. The Balaban J connectivity index is 1.90. The van der Waals surface area contributed by atoms with E-state index < -0.39 is 0 Å². The Morgan fingerprint density at radius 3 is 2.62 bits per heavy atom. The maximum absolute atomic E-state index is 12.1. The summed E-state index contributed by atoms with van der Waals surface area (Å²) in [6.45, 7) is 4.55. The lowest BCUT2D eigenvalue weighted by Crippen LogP contribution is -2.54. The summed E-state index contributed by atoms with van der Waals surface area (Å²) < 4.78 is 0. The smallest absolute Gasteiger partial charge is 0.224 e. The molecule has 0 aromatic heterocycles. The molecular formula is C12H23N3O. The van der Waals surface area contributed by atoms with Crippen LogP contribution in [-0.2, 0) is 4.79 Å². The van der Waals surface area contributed by atoms with E-state index >= 15 is 0 Å². The van der Waals surface area contributed by atoms with E-state index in [-0.39, 0.29) is 17.4 Å². The van der Waals surface area contributed by atoms with Crippen molar-refractivity contribution in [2.45, 2.75) is 31.7 Å². The molecule has 2 aliphatic rings. The number of nitrogens with one attached hydrogen (secondary N) is 1. The van der Waals surface area contributed by atoms with Gasteiger partial charge in [0.25, 0.3) is 0 Å². The molecule has 0 aromatic carbocycles. The van der Waals surface area contributed by atoms with Gasteiger partial charge >= 0.3 is 0 Å². The summed E-state index contributed by atoms with van der Waals surface area (Å²) in [5.74, 6) is 0.958. The van der Waals surface area contributed by atoms with Crippen LogP contribution < -0.4 is 11.1 Å². The van der Waals surface area contributed by atoms with E-state index in [1.54, 1.807) is 0 Å². The summed E-state index contributed by atoms with van der Waals surface area (Å²) in [5.41, 5.74) is 5.63. The summed E-state index contributed by atoms with van der Waals surface area (Å²) in [5, 5.41) is 3.18. The fourth-order valence-corrected chi connectivity index (χ4v) is 2.57. The van der Waals surface area contributed by atoms with Crippen molar-refractivity contribution in [1.82, 2.24) is 10.2 Å². The molecule has 16 heavy (non-hydrogen) atoms. The maximum atomic E-state index is 12.1. The minimum Gasteiger partial charge on any atom is -0.349 e. The maximum Gasteiger partial charge on any atom is 0.224 e. The zero-order valence-electron chi connectivity index (χ0n) is 10.3. The normalized spacial score (nSPS) is 30.1. The Morgan fingerprint density at radius 2 is 2.19 bits per heavy atom. The third-order valence-electron chi connectivity index (χ3n) is 4.07. The lowest BCUT2D eigenvalue weighted by molar-refractivity contribution is -0.126. The van der Waals surface area contributed by atoms with Crippen LogP contribution in [0.15, 0.2) is 0 Å². The van der Waals surface area contributed by atoms with Gasteiger partial charge in [0.05, 0.1) is 11.5 Å². The quantitative estimate of drug-likeness (QED) is 0.717. The van der Waals surface area contributed by atoms with E-state index in [0.717, 1.165) is 19.5 Å². The van der Waals surface area contributed by atoms with E-state index in [4.69, 9.17) is 5.73 Å². The molecule has 2 fully saturated rings. The minimum absolute atomic E-state index is 0.162. The first-order valence-electron chi connectivity index (χ1n) is 6.26. The van der Waals surface area contributed by atoms with E-state index in [0.29, 0.717) is 12.5 Å². The standard InChI is InChI=1S/C12H23N3O/c1-12(8-13,10-3-4-10)14-11(16)9-5-6-15(2)7-9/h9-10H,3-8,13H2,1-2H3,(H,14,16). The Bertz CT molecular complexity index is 277. The monoisotopic (exact) mass is 225 g/mol. The van der Waals surface area contributed by atoms with Crippen LogP contribution in [0.3, 0.4) is 0 Å². The first-order chi connectivity index (χ1) is 7.55. The molecule has 0 radical (unpaired) electrons. The number of hydrogen-bond acceptors (Lipinski definition) is 3.